The first-order valence-electron chi connectivity index (χ1n) is 10.7. The first-order chi connectivity index (χ1) is 12.6. The van der Waals surface area contributed by atoms with Gasteiger partial charge in [-0.15, -0.1) is 0 Å². The lowest BCUT2D eigenvalue weighted by molar-refractivity contribution is -0.142. The van der Waals surface area contributed by atoms with Crippen LogP contribution in [0.3, 0.4) is 0 Å². The molecule has 2 fully saturated rings. The van der Waals surface area contributed by atoms with Gasteiger partial charge in [0.15, 0.2) is 0 Å². The van der Waals surface area contributed by atoms with Gasteiger partial charge >= 0.3 is 0 Å². The molecule has 2 saturated heterocycles. The zero-order valence-corrected chi connectivity index (χ0v) is 18.1. The highest BCUT2D eigenvalue weighted by atomic mass is 16.5. The number of piperidine rings is 2. The third-order valence-electron chi connectivity index (χ3n) is 4.96. The molecule has 5 heteroatoms. The number of nitrogens with zero attached hydrogens (tertiary/aromatic N) is 2. The summed E-state index contributed by atoms with van der Waals surface area (Å²) in [7, 11) is 1.65. The van der Waals surface area contributed by atoms with Crippen LogP contribution in [-0.2, 0) is 14.3 Å². The van der Waals surface area contributed by atoms with E-state index in [9.17, 15) is 9.59 Å². The van der Waals surface area contributed by atoms with Crippen LogP contribution in [0.4, 0.5) is 0 Å². The Morgan fingerprint density at radius 1 is 0.962 bits per heavy atom. The molecule has 0 N–H and O–H groups in total. The number of hydrogen-bond donors (Lipinski definition) is 0. The number of carbonyl (C=O) groups excluding carboxylic acids is 2. The topological polar surface area (TPSA) is 49.9 Å². The molecule has 0 saturated carbocycles. The van der Waals surface area contributed by atoms with Crippen LogP contribution in [0.15, 0.2) is 0 Å². The summed E-state index contributed by atoms with van der Waals surface area (Å²) in [6.07, 6.45) is 5.37. The third kappa shape index (κ3) is 8.52. The summed E-state index contributed by atoms with van der Waals surface area (Å²) >= 11 is 0. The largest absolute Gasteiger partial charge is 0.385 e. The average Bonchev–Trinajstić information content (AvgIpc) is 2.71. The Hall–Kier alpha value is -1.10. The second kappa shape index (κ2) is 15.0. The number of rotatable bonds is 5. The van der Waals surface area contributed by atoms with Gasteiger partial charge in [-0.05, 0) is 38.0 Å². The summed E-state index contributed by atoms with van der Waals surface area (Å²) in [6, 6.07) is 0. The van der Waals surface area contributed by atoms with E-state index in [1.165, 1.54) is 0 Å². The standard InChI is InChI=1S/C17H30N2O3.2C2H6/c1-14-7-10-18(11-8-14)17(21)15-5-3-9-19(13-15)16(20)6-4-12-22-2;2*1-2/h14-15H,3-13H2,1-2H3;2*1-2H3/t15-;;/m1../s1. The number of methoxy groups -OCH3 is 1. The van der Waals surface area contributed by atoms with Gasteiger partial charge in [0, 0.05) is 46.3 Å². The highest BCUT2D eigenvalue weighted by Gasteiger charge is 2.32. The van der Waals surface area contributed by atoms with Crippen LogP contribution in [0.2, 0.25) is 0 Å². The molecular formula is C21H42N2O3. The Kier molecular flexibility index (Phi) is 14.4. The van der Waals surface area contributed by atoms with Gasteiger partial charge in [0.05, 0.1) is 5.92 Å². The summed E-state index contributed by atoms with van der Waals surface area (Å²) in [5.74, 6) is 1.17. The average molecular weight is 371 g/mol. The van der Waals surface area contributed by atoms with Crippen molar-refractivity contribution in [1.82, 2.24) is 9.80 Å². The van der Waals surface area contributed by atoms with Gasteiger partial charge in [-0.1, -0.05) is 34.6 Å². The van der Waals surface area contributed by atoms with E-state index >= 15 is 0 Å². The van der Waals surface area contributed by atoms with E-state index in [4.69, 9.17) is 4.74 Å². The molecule has 26 heavy (non-hydrogen) atoms. The summed E-state index contributed by atoms with van der Waals surface area (Å²) in [6.45, 7) is 14.1. The lowest BCUT2D eigenvalue weighted by Crippen LogP contribution is -2.48. The molecule has 0 aromatic rings. The summed E-state index contributed by atoms with van der Waals surface area (Å²) in [4.78, 5) is 28.8. The van der Waals surface area contributed by atoms with Crippen molar-refractivity contribution in [2.75, 3.05) is 39.9 Å². The SMILES string of the molecule is CC.CC.COCCCC(=O)N1CCC[C@@H](C(=O)N2CCC(C)CC2)C1. The molecule has 2 aliphatic rings. The number of ether oxygens (including phenoxy) is 1. The van der Waals surface area contributed by atoms with Crippen molar-refractivity contribution in [2.45, 2.75) is 73.1 Å². The molecule has 0 aromatic carbocycles. The lowest BCUT2D eigenvalue weighted by Gasteiger charge is -2.37. The van der Waals surface area contributed by atoms with Crippen molar-refractivity contribution < 1.29 is 14.3 Å². The molecule has 154 valence electrons. The molecule has 2 aliphatic heterocycles. The van der Waals surface area contributed by atoms with Crippen molar-refractivity contribution in [2.24, 2.45) is 11.8 Å². The van der Waals surface area contributed by atoms with Crippen LogP contribution in [0, 0.1) is 11.8 Å². The minimum atomic E-state index is 0.00790. The molecule has 2 heterocycles. The maximum Gasteiger partial charge on any atom is 0.227 e. The van der Waals surface area contributed by atoms with Gasteiger partial charge < -0.3 is 14.5 Å². The van der Waals surface area contributed by atoms with Crippen LogP contribution in [0.1, 0.15) is 73.1 Å². The van der Waals surface area contributed by atoms with E-state index in [1.54, 1.807) is 7.11 Å². The van der Waals surface area contributed by atoms with Crippen LogP contribution < -0.4 is 0 Å². The molecule has 0 unspecified atom stereocenters. The molecule has 5 nitrogen and oxygen atoms in total. The van der Waals surface area contributed by atoms with Crippen molar-refractivity contribution in [3.63, 3.8) is 0 Å². The maximum absolute atomic E-state index is 12.7. The van der Waals surface area contributed by atoms with Crippen LogP contribution in [-0.4, -0.2) is 61.5 Å². The van der Waals surface area contributed by atoms with Gasteiger partial charge in [0.2, 0.25) is 11.8 Å². The van der Waals surface area contributed by atoms with E-state index in [0.29, 0.717) is 19.6 Å². The van der Waals surface area contributed by atoms with E-state index in [0.717, 1.165) is 57.7 Å². The Labute approximate surface area is 161 Å². The minimum Gasteiger partial charge on any atom is -0.385 e. The number of likely N-dealkylation sites (tertiary alicyclic amines) is 2. The second-order valence-electron chi connectivity index (χ2n) is 6.78. The zero-order chi connectivity index (χ0) is 19.9. The highest BCUT2D eigenvalue weighted by Crippen LogP contribution is 2.23. The molecular weight excluding hydrogens is 328 g/mol. The van der Waals surface area contributed by atoms with Crippen molar-refractivity contribution in [3.05, 3.63) is 0 Å². The Bertz CT molecular complexity index is 379. The smallest absolute Gasteiger partial charge is 0.227 e. The highest BCUT2D eigenvalue weighted by molar-refractivity contribution is 5.81. The summed E-state index contributed by atoms with van der Waals surface area (Å²) in [5, 5.41) is 0. The zero-order valence-electron chi connectivity index (χ0n) is 18.1. The maximum atomic E-state index is 12.7. The number of carbonyl (C=O) groups is 2. The molecule has 1 atom stereocenters. The lowest BCUT2D eigenvalue weighted by atomic mass is 9.93. The Morgan fingerprint density at radius 2 is 1.58 bits per heavy atom. The molecule has 2 rings (SSSR count). The fourth-order valence-corrected chi connectivity index (χ4v) is 3.42. The Balaban J connectivity index is 0.00000146. The van der Waals surface area contributed by atoms with Crippen molar-refractivity contribution in [1.29, 1.82) is 0 Å². The Morgan fingerprint density at radius 3 is 2.15 bits per heavy atom. The van der Waals surface area contributed by atoms with Gasteiger partial charge in [-0.2, -0.15) is 0 Å². The van der Waals surface area contributed by atoms with Crippen LogP contribution in [0.25, 0.3) is 0 Å². The molecule has 0 radical (unpaired) electrons. The fourth-order valence-electron chi connectivity index (χ4n) is 3.42. The molecule has 0 aliphatic carbocycles. The number of amides is 2. The minimum absolute atomic E-state index is 0.00790. The van der Waals surface area contributed by atoms with Gasteiger partial charge in [0.1, 0.15) is 0 Å². The molecule has 0 spiro atoms. The summed E-state index contributed by atoms with van der Waals surface area (Å²) < 4.78 is 5.00. The van der Waals surface area contributed by atoms with Crippen LogP contribution in [0.5, 0.6) is 0 Å². The van der Waals surface area contributed by atoms with E-state index in [2.05, 4.69) is 6.92 Å². The van der Waals surface area contributed by atoms with Crippen molar-refractivity contribution >= 4 is 11.8 Å². The summed E-state index contributed by atoms with van der Waals surface area (Å²) in [5.41, 5.74) is 0. The van der Waals surface area contributed by atoms with Gasteiger partial charge in [0.25, 0.3) is 0 Å². The van der Waals surface area contributed by atoms with Crippen LogP contribution >= 0.6 is 0 Å². The second-order valence-corrected chi connectivity index (χ2v) is 6.78. The quantitative estimate of drug-likeness (QED) is 0.688. The number of hydrogen-bond acceptors (Lipinski definition) is 3. The van der Waals surface area contributed by atoms with E-state index in [1.807, 2.05) is 37.5 Å². The predicted octanol–water partition coefficient (Wildman–Crippen LogP) is 3.96. The first-order valence-corrected chi connectivity index (χ1v) is 10.7. The third-order valence-corrected chi connectivity index (χ3v) is 4.96. The molecule has 2 amide bonds. The monoisotopic (exact) mass is 370 g/mol. The fraction of sp³-hybridized carbons (Fsp3) is 0.905. The first kappa shape index (κ1) is 24.9. The van der Waals surface area contributed by atoms with Gasteiger partial charge in [-0.3, -0.25) is 9.59 Å². The van der Waals surface area contributed by atoms with E-state index in [-0.39, 0.29) is 17.7 Å². The van der Waals surface area contributed by atoms with Gasteiger partial charge in [-0.25, -0.2) is 0 Å². The van der Waals surface area contributed by atoms with E-state index < -0.39 is 0 Å². The predicted molar refractivity (Wildman–Crippen MR) is 108 cm³/mol. The van der Waals surface area contributed by atoms with Crippen molar-refractivity contribution in [3.8, 4) is 0 Å². The normalized spacial score (nSPS) is 20.5. The molecule has 0 aromatic heterocycles. The molecule has 0 bridgehead atoms.